The molecule has 25 heavy (non-hydrogen) atoms. The molecule has 0 aliphatic carbocycles. The van der Waals surface area contributed by atoms with Crippen molar-refractivity contribution in [2.75, 3.05) is 19.5 Å². The molecule has 0 saturated heterocycles. The monoisotopic (exact) mass is 352 g/mol. The molecular formula is C18H19F3N2O2. The number of nitrogens with one attached hydrogen (secondary N) is 1. The highest BCUT2D eigenvalue weighted by atomic mass is 19.1. The maximum Gasteiger partial charge on any atom is 0.241 e. The fourth-order valence-corrected chi connectivity index (χ4v) is 2.26. The van der Waals surface area contributed by atoms with E-state index in [0.29, 0.717) is 12.1 Å². The smallest absolute Gasteiger partial charge is 0.241 e. The molecule has 0 aliphatic heterocycles. The Balaban J connectivity index is 2.03. The van der Waals surface area contributed by atoms with Gasteiger partial charge in [0.1, 0.15) is 11.6 Å². The molecule has 7 heteroatoms. The van der Waals surface area contributed by atoms with Gasteiger partial charge in [0.15, 0.2) is 11.6 Å². The van der Waals surface area contributed by atoms with Gasteiger partial charge in [-0.15, -0.1) is 0 Å². The second-order valence-corrected chi connectivity index (χ2v) is 5.67. The predicted octanol–water partition coefficient (Wildman–Crippen LogP) is 3.57. The molecule has 0 fully saturated rings. The van der Waals surface area contributed by atoms with Crippen molar-refractivity contribution in [1.82, 2.24) is 4.90 Å². The Hall–Kier alpha value is -2.54. The number of hydrogen-bond acceptors (Lipinski definition) is 3. The zero-order valence-corrected chi connectivity index (χ0v) is 14.1. The van der Waals surface area contributed by atoms with E-state index in [2.05, 4.69) is 5.32 Å². The molecule has 0 radical (unpaired) electrons. The van der Waals surface area contributed by atoms with E-state index in [1.165, 1.54) is 19.2 Å². The van der Waals surface area contributed by atoms with Gasteiger partial charge in [0.05, 0.1) is 18.8 Å². The third-order valence-electron chi connectivity index (χ3n) is 3.88. The van der Waals surface area contributed by atoms with Crippen LogP contribution in [0.1, 0.15) is 12.5 Å². The lowest BCUT2D eigenvalue weighted by molar-refractivity contribution is -0.120. The van der Waals surface area contributed by atoms with Crippen molar-refractivity contribution < 1.29 is 22.7 Å². The largest absolute Gasteiger partial charge is 0.494 e. The Morgan fingerprint density at radius 2 is 1.88 bits per heavy atom. The van der Waals surface area contributed by atoms with Crippen LogP contribution in [0, 0.1) is 17.5 Å². The Bertz CT molecular complexity index is 768. The number of rotatable bonds is 6. The second kappa shape index (κ2) is 8.02. The zero-order chi connectivity index (χ0) is 18.6. The Labute approximate surface area is 144 Å². The Kier molecular flexibility index (Phi) is 6.03. The lowest BCUT2D eigenvalue weighted by Crippen LogP contribution is -2.39. The van der Waals surface area contributed by atoms with E-state index in [-0.39, 0.29) is 11.4 Å². The van der Waals surface area contributed by atoms with Gasteiger partial charge < -0.3 is 10.1 Å². The Morgan fingerprint density at radius 3 is 2.52 bits per heavy atom. The minimum absolute atomic E-state index is 0.138. The van der Waals surface area contributed by atoms with Crippen molar-refractivity contribution in [1.29, 1.82) is 0 Å². The molecule has 0 bridgehead atoms. The van der Waals surface area contributed by atoms with E-state index in [9.17, 15) is 18.0 Å². The number of methoxy groups -OCH3 is 1. The molecule has 1 N–H and O–H groups in total. The van der Waals surface area contributed by atoms with Crippen LogP contribution in [0.5, 0.6) is 5.75 Å². The lowest BCUT2D eigenvalue weighted by atomic mass is 10.1. The number of carbonyl (C=O) groups excluding carboxylic acids is 1. The second-order valence-electron chi connectivity index (χ2n) is 5.67. The maximum absolute atomic E-state index is 13.7. The number of halogens is 3. The third kappa shape index (κ3) is 4.73. The summed E-state index contributed by atoms with van der Waals surface area (Å²) < 4.78 is 45.4. The number of nitrogens with zero attached hydrogens (tertiary/aromatic N) is 1. The van der Waals surface area contributed by atoms with Gasteiger partial charge in [0, 0.05) is 12.6 Å². The van der Waals surface area contributed by atoms with Crippen molar-refractivity contribution >= 4 is 11.6 Å². The molecule has 0 unspecified atom stereocenters. The van der Waals surface area contributed by atoms with Crippen molar-refractivity contribution in [2.24, 2.45) is 0 Å². The first-order chi connectivity index (χ1) is 11.8. The van der Waals surface area contributed by atoms with Crippen LogP contribution < -0.4 is 10.1 Å². The molecule has 0 saturated carbocycles. The highest BCUT2D eigenvalue weighted by Gasteiger charge is 2.20. The topological polar surface area (TPSA) is 41.6 Å². The summed E-state index contributed by atoms with van der Waals surface area (Å²) in [5.74, 6) is -2.22. The molecule has 1 amide bonds. The number of likely N-dealkylation sites (N-methyl/N-ethyl adjacent to an activating group) is 1. The van der Waals surface area contributed by atoms with Crippen LogP contribution in [-0.2, 0) is 11.3 Å². The summed E-state index contributed by atoms with van der Waals surface area (Å²) in [5.41, 5.74) is 0.429. The summed E-state index contributed by atoms with van der Waals surface area (Å²) >= 11 is 0. The summed E-state index contributed by atoms with van der Waals surface area (Å²) in [5, 5.41) is 2.36. The van der Waals surface area contributed by atoms with E-state index < -0.39 is 29.4 Å². The molecule has 0 spiro atoms. The van der Waals surface area contributed by atoms with Gasteiger partial charge in [-0.25, -0.2) is 13.2 Å². The first kappa shape index (κ1) is 18.8. The summed E-state index contributed by atoms with van der Waals surface area (Å²) in [6.45, 7) is 1.91. The quantitative estimate of drug-likeness (QED) is 0.864. The van der Waals surface area contributed by atoms with Crippen LogP contribution in [0.2, 0.25) is 0 Å². The fraction of sp³-hybridized carbons (Fsp3) is 0.278. The number of amides is 1. The molecule has 1 atom stereocenters. The average Bonchev–Trinajstić information content (AvgIpc) is 2.57. The summed E-state index contributed by atoms with van der Waals surface area (Å²) in [4.78, 5) is 13.9. The zero-order valence-electron chi connectivity index (χ0n) is 14.1. The van der Waals surface area contributed by atoms with Gasteiger partial charge >= 0.3 is 0 Å². The van der Waals surface area contributed by atoms with E-state index in [0.717, 1.165) is 18.2 Å². The van der Waals surface area contributed by atoms with E-state index in [4.69, 9.17) is 4.74 Å². The number of ether oxygens (including phenoxy) is 1. The van der Waals surface area contributed by atoms with Gasteiger partial charge in [0.25, 0.3) is 0 Å². The predicted molar refractivity (Wildman–Crippen MR) is 88.9 cm³/mol. The summed E-state index contributed by atoms with van der Waals surface area (Å²) in [7, 11) is 3.05. The van der Waals surface area contributed by atoms with Gasteiger partial charge in [-0.3, -0.25) is 9.69 Å². The number of carbonyl (C=O) groups is 1. The first-order valence-corrected chi connectivity index (χ1v) is 7.60. The average molecular weight is 352 g/mol. The summed E-state index contributed by atoms with van der Waals surface area (Å²) in [6.07, 6.45) is 0. The van der Waals surface area contributed by atoms with Gasteiger partial charge in [-0.2, -0.15) is 0 Å². The van der Waals surface area contributed by atoms with Crippen molar-refractivity contribution in [3.63, 3.8) is 0 Å². The number of anilines is 1. The van der Waals surface area contributed by atoms with Gasteiger partial charge in [-0.1, -0.05) is 6.07 Å². The minimum atomic E-state index is -0.721. The van der Waals surface area contributed by atoms with Crippen LogP contribution >= 0.6 is 0 Å². The highest BCUT2D eigenvalue weighted by Crippen LogP contribution is 2.20. The number of benzene rings is 2. The molecule has 4 nitrogen and oxygen atoms in total. The van der Waals surface area contributed by atoms with Crippen LogP contribution in [0.15, 0.2) is 36.4 Å². The molecule has 0 aromatic heterocycles. The maximum atomic E-state index is 13.7. The lowest BCUT2D eigenvalue weighted by Gasteiger charge is -2.24. The van der Waals surface area contributed by atoms with Crippen molar-refractivity contribution in [2.45, 2.75) is 19.5 Å². The minimum Gasteiger partial charge on any atom is -0.494 e. The van der Waals surface area contributed by atoms with Crippen LogP contribution in [-0.4, -0.2) is 31.0 Å². The van der Waals surface area contributed by atoms with Gasteiger partial charge in [0.2, 0.25) is 5.91 Å². The molecule has 134 valence electrons. The van der Waals surface area contributed by atoms with Crippen LogP contribution in [0.25, 0.3) is 0 Å². The third-order valence-corrected chi connectivity index (χ3v) is 3.88. The van der Waals surface area contributed by atoms with Crippen LogP contribution in [0.4, 0.5) is 18.9 Å². The standard InChI is InChI=1S/C18H19F3N2O2/c1-11(18(24)22-16-9-13(19)5-6-14(16)20)23(2)10-12-4-7-17(25-3)15(21)8-12/h4-9,11H,10H2,1-3H3,(H,22,24)/t11-/m0/s1. The van der Waals surface area contributed by atoms with E-state index in [1.807, 2.05) is 0 Å². The normalized spacial score (nSPS) is 12.1. The highest BCUT2D eigenvalue weighted by molar-refractivity contribution is 5.94. The molecule has 0 aliphatic rings. The van der Waals surface area contributed by atoms with Crippen LogP contribution in [0.3, 0.4) is 0 Å². The number of hydrogen-bond donors (Lipinski definition) is 1. The van der Waals surface area contributed by atoms with Crippen molar-refractivity contribution in [3.8, 4) is 5.75 Å². The molecule has 2 aromatic carbocycles. The molecule has 2 aromatic rings. The molecule has 2 rings (SSSR count). The fourth-order valence-electron chi connectivity index (χ4n) is 2.26. The Morgan fingerprint density at radius 1 is 1.16 bits per heavy atom. The molecular weight excluding hydrogens is 333 g/mol. The van der Waals surface area contributed by atoms with Gasteiger partial charge in [-0.05, 0) is 43.8 Å². The SMILES string of the molecule is COc1ccc(CN(C)[C@@H](C)C(=O)Nc2cc(F)ccc2F)cc1F. The molecule has 0 heterocycles. The summed E-state index contributed by atoms with van der Waals surface area (Å²) in [6, 6.07) is 6.71. The van der Waals surface area contributed by atoms with E-state index >= 15 is 0 Å². The first-order valence-electron chi connectivity index (χ1n) is 7.60. The van der Waals surface area contributed by atoms with Crippen molar-refractivity contribution in [3.05, 3.63) is 59.4 Å². The van der Waals surface area contributed by atoms with E-state index in [1.54, 1.807) is 24.9 Å².